The summed E-state index contributed by atoms with van der Waals surface area (Å²) >= 11 is 0. The summed E-state index contributed by atoms with van der Waals surface area (Å²) in [6.07, 6.45) is 1.81. The van der Waals surface area contributed by atoms with E-state index in [1.165, 1.54) is 5.69 Å². The molecule has 0 atom stereocenters. The van der Waals surface area contributed by atoms with Gasteiger partial charge < -0.3 is 20.2 Å². The van der Waals surface area contributed by atoms with Crippen LogP contribution in [0.4, 0.5) is 5.69 Å². The van der Waals surface area contributed by atoms with Gasteiger partial charge in [-0.1, -0.05) is 0 Å². The van der Waals surface area contributed by atoms with Gasteiger partial charge in [0.15, 0.2) is 5.82 Å². The third-order valence-corrected chi connectivity index (χ3v) is 5.86. The van der Waals surface area contributed by atoms with Gasteiger partial charge in [0.1, 0.15) is 11.5 Å². The van der Waals surface area contributed by atoms with Gasteiger partial charge in [-0.15, -0.1) is 13.2 Å². The summed E-state index contributed by atoms with van der Waals surface area (Å²) in [6.45, 7) is 12.2. The molecule has 0 unspecified atom stereocenters. The Morgan fingerprint density at radius 2 is 1.52 bits per heavy atom. The largest absolute Gasteiger partial charge is 0.369 e. The minimum atomic E-state index is 0.779. The number of aryl methyl sites for hydroxylation is 1. The number of nitrogens with zero attached hydrogens (tertiary/aromatic N) is 4. The van der Waals surface area contributed by atoms with Crippen molar-refractivity contribution in [1.82, 2.24) is 30.2 Å². The topological polar surface area (TPSA) is 85.5 Å². The third-order valence-electron chi connectivity index (χ3n) is 5.86. The fourth-order valence-electron chi connectivity index (χ4n) is 4.20. The van der Waals surface area contributed by atoms with E-state index in [4.69, 9.17) is 9.97 Å². The van der Waals surface area contributed by atoms with Crippen molar-refractivity contribution in [3.63, 3.8) is 0 Å². The molecule has 7 heteroatoms. The molecule has 0 aliphatic carbocycles. The summed E-state index contributed by atoms with van der Waals surface area (Å²) in [5, 5.41) is 3.40. The average Bonchev–Trinajstić information content (AvgIpc) is 3.49. The van der Waals surface area contributed by atoms with Crippen LogP contribution in [0.15, 0.2) is 67.9 Å². The summed E-state index contributed by atoms with van der Waals surface area (Å²) in [4.78, 5) is 23.3. The summed E-state index contributed by atoms with van der Waals surface area (Å²) in [5.74, 6) is 1.64. The van der Waals surface area contributed by atoms with Gasteiger partial charge in [-0.25, -0.2) is 9.97 Å². The number of imidazole rings is 2. The monoisotopic (exact) mass is 437 g/mol. The normalized spacial score (nSPS) is 13.8. The van der Waals surface area contributed by atoms with E-state index >= 15 is 0 Å². The second kappa shape index (κ2) is 8.88. The fraction of sp³-hybridized carbons (Fsp3) is 0.192. The molecule has 0 amide bonds. The smallest absolute Gasteiger partial charge is 0.157 e. The predicted octanol–water partition coefficient (Wildman–Crippen LogP) is 4.69. The lowest BCUT2D eigenvalue weighted by Gasteiger charge is -2.29. The third kappa shape index (κ3) is 4.10. The highest BCUT2D eigenvalue weighted by atomic mass is 15.2. The lowest BCUT2D eigenvalue weighted by Crippen LogP contribution is -2.43. The minimum absolute atomic E-state index is 0.779. The number of aromatic amines is 2. The molecule has 3 aromatic heterocycles. The molecule has 0 bridgehead atoms. The first-order valence-corrected chi connectivity index (χ1v) is 11.1. The summed E-state index contributed by atoms with van der Waals surface area (Å²) in [5.41, 5.74) is 8.19. The number of pyridine rings is 1. The molecule has 1 fully saturated rings. The van der Waals surface area contributed by atoms with Crippen LogP contribution in [0.1, 0.15) is 5.56 Å². The van der Waals surface area contributed by atoms with E-state index in [2.05, 4.69) is 75.6 Å². The average molecular weight is 438 g/mol. The zero-order valence-electron chi connectivity index (χ0n) is 18.7. The van der Waals surface area contributed by atoms with Gasteiger partial charge in [-0.05, 0) is 61.0 Å². The lowest BCUT2D eigenvalue weighted by molar-refractivity contribution is 0.589. The number of hydrogen-bond donors (Lipinski definition) is 3. The quantitative estimate of drug-likeness (QED) is 0.357. The number of fused-ring (bicyclic) bond motifs is 2. The van der Waals surface area contributed by atoms with Crippen molar-refractivity contribution in [2.45, 2.75) is 6.92 Å². The SMILES string of the molecule is C=C.Cc1ccnc(-c2nc3ccc(-c4nc5ccc(N6CCNCC6)cc5[nH]4)cc3[nH]2)c1. The highest BCUT2D eigenvalue weighted by Crippen LogP contribution is 2.27. The van der Waals surface area contributed by atoms with Gasteiger partial charge in [0.05, 0.1) is 22.1 Å². The van der Waals surface area contributed by atoms with E-state index in [0.717, 1.165) is 76.7 Å². The van der Waals surface area contributed by atoms with Crippen molar-refractivity contribution in [2.75, 3.05) is 31.1 Å². The summed E-state index contributed by atoms with van der Waals surface area (Å²) in [7, 11) is 0. The number of benzene rings is 2. The molecule has 33 heavy (non-hydrogen) atoms. The van der Waals surface area contributed by atoms with Crippen LogP contribution in [-0.4, -0.2) is 51.1 Å². The van der Waals surface area contributed by atoms with Crippen LogP contribution in [0.5, 0.6) is 0 Å². The highest BCUT2D eigenvalue weighted by Gasteiger charge is 2.13. The molecule has 7 nitrogen and oxygen atoms in total. The van der Waals surface area contributed by atoms with Crippen LogP contribution in [0.2, 0.25) is 0 Å². The first-order valence-electron chi connectivity index (χ1n) is 11.1. The molecule has 6 rings (SSSR count). The van der Waals surface area contributed by atoms with Crippen molar-refractivity contribution in [3.05, 3.63) is 73.4 Å². The first kappa shape index (κ1) is 20.9. The predicted molar refractivity (Wildman–Crippen MR) is 135 cm³/mol. The molecule has 4 heterocycles. The van der Waals surface area contributed by atoms with E-state index < -0.39 is 0 Å². The number of anilines is 1. The Kier molecular flexibility index (Phi) is 5.62. The number of rotatable bonds is 3. The maximum absolute atomic E-state index is 4.82. The standard InChI is InChI=1S/C24H23N7.C2H4/c1-15-6-7-26-22(12-15)24-28-18-4-2-16(13-20(18)30-24)23-27-19-5-3-17(14-21(19)29-23)31-10-8-25-9-11-31;1-2/h2-7,12-14,25H,8-11H2,1H3,(H,27,29)(H,28,30);1-2H2. The first-order chi connectivity index (χ1) is 16.2. The molecule has 166 valence electrons. The molecule has 1 aliphatic rings. The van der Waals surface area contributed by atoms with Gasteiger partial charge in [0.2, 0.25) is 0 Å². The zero-order valence-corrected chi connectivity index (χ0v) is 18.7. The molecule has 3 N–H and O–H groups in total. The van der Waals surface area contributed by atoms with Crippen LogP contribution >= 0.6 is 0 Å². The van der Waals surface area contributed by atoms with Gasteiger partial charge in [-0.3, -0.25) is 4.98 Å². The molecule has 1 saturated heterocycles. The molecular weight excluding hydrogens is 410 g/mol. The second-order valence-electron chi connectivity index (χ2n) is 8.06. The summed E-state index contributed by atoms with van der Waals surface area (Å²) in [6, 6.07) is 16.7. The van der Waals surface area contributed by atoms with E-state index in [0.29, 0.717) is 0 Å². The zero-order chi connectivity index (χ0) is 22.8. The van der Waals surface area contributed by atoms with Crippen molar-refractivity contribution in [2.24, 2.45) is 0 Å². The van der Waals surface area contributed by atoms with E-state index in [1.807, 2.05) is 24.4 Å². The van der Waals surface area contributed by atoms with Crippen LogP contribution in [0.25, 0.3) is 45.0 Å². The molecule has 5 aromatic rings. The molecule has 0 saturated carbocycles. The molecule has 0 radical (unpaired) electrons. The number of aromatic nitrogens is 5. The molecular formula is C26H27N7. The Labute approximate surface area is 192 Å². The number of piperazine rings is 1. The van der Waals surface area contributed by atoms with Crippen LogP contribution in [-0.2, 0) is 0 Å². The Morgan fingerprint density at radius 3 is 2.30 bits per heavy atom. The van der Waals surface area contributed by atoms with E-state index in [9.17, 15) is 0 Å². The van der Waals surface area contributed by atoms with Gasteiger partial charge >= 0.3 is 0 Å². The number of H-pyrrole nitrogens is 2. The maximum atomic E-state index is 4.82. The van der Waals surface area contributed by atoms with Gasteiger partial charge in [0.25, 0.3) is 0 Å². The number of nitrogens with one attached hydrogen (secondary N) is 3. The van der Waals surface area contributed by atoms with Crippen molar-refractivity contribution in [1.29, 1.82) is 0 Å². The Morgan fingerprint density at radius 1 is 0.818 bits per heavy atom. The van der Waals surface area contributed by atoms with Crippen LogP contribution < -0.4 is 10.2 Å². The van der Waals surface area contributed by atoms with Crippen LogP contribution in [0.3, 0.4) is 0 Å². The minimum Gasteiger partial charge on any atom is -0.369 e. The van der Waals surface area contributed by atoms with Crippen molar-refractivity contribution >= 4 is 27.8 Å². The van der Waals surface area contributed by atoms with Gasteiger partial charge in [0, 0.05) is 43.6 Å². The second-order valence-corrected chi connectivity index (χ2v) is 8.06. The highest BCUT2D eigenvalue weighted by molar-refractivity contribution is 5.86. The molecule has 0 spiro atoms. The molecule has 2 aromatic carbocycles. The fourth-order valence-corrected chi connectivity index (χ4v) is 4.20. The van der Waals surface area contributed by atoms with Crippen molar-refractivity contribution < 1.29 is 0 Å². The number of hydrogen-bond acceptors (Lipinski definition) is 5. The Hall–Kier alpha value is -3.97. The summed E-state index contributed by atoms with van der Waals surface area (Å²) < 4.78 is 0. The Bertz CT molecular complexity index is 1410. The Balaban J connectivity index is 0.00000111. The molecule has 1 aliphatic heterocycles. The van der Waals surface area contributed by atoms with E-state index in [-0.39, 0.29) is 0 Å². The lowest BCUT2D eigenvalue weighted by atomic mass is 10.2. The van der Waals surface area contributed by atoms with Gasteiger partial charge in [-0.2, -0.15) is 0 Å². The van der Waals surface area contributed by atoms with Crippen molar-refractivity contribution in [3.8, 4) is 22.9 Å². The van der Waals surface area contributed by atoms with E-state index in [1.54, 1.807) is 0 Å². The maximum Gasteiger partial charge on any atom is 0.157 e. The van der Waals surface area contributed by atoms with Crippen LogP contribution in [0, 0.1) is 6.92 Å².